The van der Waals surface area contributed by atoms with E-state index >= 15 is 0 Å². The highest BCUT2D eigenvalue weighted by molar-refractivity contribution is 5.39. The summed E-state index contributed by atoms with van der Waals surface area (Å²) in [6, 6.07) is 17.8. The van der Waals surface area contributed by atoms with Crippen LogP contribution in [0.3, 0.4) is 0 Å². The van der Waals surface area contributed by atoms with E-state index in [2.05, 4.69) is 35.2 Å². The monoisotopic (exact) mass is 324 g/mol. The number of nitrogens with zero attached hydrogens (tertiary/aromatic N) is 2. The molecule has 0 saturated carbocycles. The Kier molecular flexibility index (Phi) is 5.59. The minimum Gasteiger partial charge on any atom is -0.303 e. The van der Waals surface area contributed by atoms with Crippen LogP contribution in [0.15, 0.2) is 54.6 Å². The van der Waals surface area contributed by atoms with Crippen LogP contribution in [0, 0.1) is 16.0 Å². The summed E-state index contributed by atoms with van der Waals surface area (Å²) >= 11 is 0. The lowest BCUT2D eigenvalue weighted by Crippen LogP contribution is -2.35. The number of likely N-dealkylation sites (tertiary alicyclic amines) is 1. The Hall–Kier alpha value is -2.20. The van der Waals surface area contributed by atoms with Gasteiger partial charge in [-0.3, -0.25) is 10.1 Å². The Morgan fingerprint density at radius 3 is 2.38 bits per heavy atom. The van der Waals surface area contributed by atoms with E-state index in [0.29, 0.717) is 0 Å². The van der Waals surface area contributed by atoms with Gasteiger partial charge in [-0.15, -0.1) is 0 Å². The van der Waals surface area contributed by atoms with E-state index in [9.17, 15) is 10.1 Å². The Labute approximate surface area is 143 Å². The molecule has 0 aromatic heterocycles. The lowest BCUT2D eigenvalue weighted by molar-refractivity contribution is -0.385. The van der Waals surface area contributed by atoms with Crippen LogP contribution in [0.5, 0.6) is 0 Å². The largest absolute Gasteiger partial charge is 0.303 e. The first-order valence-corrected chi connectivity index (χ1v) is 8.71. The first kappa shape index (κ1) is 16.7. The van der Waals surface area contributed by atoms with Crippen LogP contribution in [0.4, 0.5) is 5.69 Å². The van der Waals surface area contributed by atoms with Gasteiger partial charge in [0.25, 0.3) is 5.69 Å². The lowest BCUT2D eigenvalue weighted by atomic mass is 9.90. The van der Waals surface area contributed by atoms with Gasteiger partial charge < -0.3 is 4.90 Å². The van der Waals surface area contributed by atoms with Crippen LogP contribution in [-0.2, 0) is 12.8 Å². The molecule has 1 aliphatic rings. The second kappa shape index (κ2) is 8.06. The third-order valence-corrected chi connectivity index (χ3v) is 4.96. The number of piperidine rings is 1. The van der Waals surface area contributed by atoms with Crippen molar-refractivity contribution in [1.29, 1.82) is 0 Å². The van der Waals surface area contributed by atoms with Crippen molar-refractivity contribution in [3.05, 3.63) is 75.8 Å². The average molecular weight is 324 g/mol. The smallest absolute Gasteiger partial charge is 0.272 e. The summed E-state index contributed by atoms with van der Waals surface area (Å²) in [7, 11) is 0. The molecular formula is C20H24N2O2. The first-order valence-electron chi connectivity index (χ1n) is 8.71. The fourth-order valence-electron chi connectivity index (χ4n) is 3.54. The number of hydrogen-bond donors (Lipinski definition) is 0. The molecule has 126 valence electrons. The van der Waals surface area contributed by atoms with Crippen molar-refractivity contribution in [3.63, 3.8) is 0 Å². The number of nitro benzene ring substituents is 1. The summed E-state index contributed by atoms with van der Waals surface area (Å²) in [6.45, 7) is 3.10. The van der Waals surface area contributed by atoms with Gasteiger partial charge in [0.1, 0.15) is 0 Å². The maximum atomic E-state index is 11.1. The van der Waals surface area contributed by atoms with E-state index in [4.69, 9.17) is 0 Å². The number of hydrogen-bond acceptors (Lipinski definition) is 3. The molecule has 1 fully saturated rings. The molecule has 2 aromatic rings. The molecule has 0 unspecified atom stereocenters. The Morgan fingerprint density at radius 2 is 1.67 bits per heavy atom. The maximum absolute atomic E-state index is 11.1. The first-order chi connectivity index (χ1) is 11.7. The van der Waals surface area contributed by atoms with Crippen LogP contribution < -0.4 is 0 Å². The normalized spacial score (nSPS) is 16.2. The molecule has 2 aromatic carbocycles. The van der Waals surface area contributed by atoms with E-state index in [1.165, 1.54) is 24.8 Å². The Bertz CT molecular complexity index is 664. The molecular weight excluding hydrogens is 300 g/mol. The molecule has 0 spiro atoms. The Balaban J connectivity index is 1.47. The van der Waals surface area contributed by atoms with Gasteiger partial charge in [-0.25, -0.2) is 0 Å². The van der Waals surface area contributed by atoms with Crippen LogP contribution in [0.2, 0.25) is 0 Å². The summed E-state index contributed by atoms with van der Waals surface area (Å²) in [5.74, 6) is 0.759. The third-order valence-electron chi connectivity index (χ3n) is 4.96. The summed E-state index contributed by atoms with van der Waals surface area (Å²) in [4.78, 5) is 13.2. The lowest BCUT2D eigenvalue weighted by Gasteiger charge is -2.32. The number of para-hydroxylation sites is 1. The van der Waals surface area contributed by atoms with E-state index in [1.54, 1.807) is 12.1 Å². The van der Waals surface area contributed by atoms with E-state index in [-0.39, 0.29) is 10.6 Å². The molecule has 1 aliphatic heterocycles. The van der Waals surface area contributed by atoms with Crippen LogP contribution >= 0.6 is 0 Å². The van der Waals surface area contributed by atoms with E-state index < -0.39 is 0 Å². The highest BCUT2D eigenvalue weighted by atomic mass is 16.6. The predicted octanol–water partition coefficient (Wildman–Crippen LogP) is 4.09. The van der Waals surface area contributed by atoms with Crippen molar-refractivity contribution >= 4 is 5.69 Å². The SMILES string of the molecule is O=[N+]([O-])c1ccccc1CCN1CCC(Cc2ccccc2)CC1. The van der Waals surface area contributed by atoms with Gasteiger partial charge in [-0.2, -0.15) is 0 Å². The fourth-order valence-corrected chi connectivity index (χ4v) is 3.54. The van der Waals surface area contributed by atoms with Crippen molar-refractivity contribution in [3.8, 4) is 0 Å². The van der Waals surface area contributed by atoms with Gasteiger partial charge in [0.2, 0.25) is 0 Å². The fraction of sp³-hybridized carbons (Fsp3) is 0.400. The molecule has 0 N–H and O–H groups in total. The summed E-state index contributed by atoms with van der Waals surface area (Å²) in [6.07, 6.45) is 4.34. The summed E-state index contributed by atoms with van der Waals surface area (Å²) < 4.78 is 0. The van der Waals surface area contributed by atoms with Crippen LogP contribution in [0.25, 0.3) is 0 Å². The molecule has 4 heteroatoms. The van der Waals surface area contributed by atoms with Gasteiger partial charge in [-0.05, 0) is 50.3 Å². The maximum Gasteiger partial charge on any atom is 0.272 e. The standard InChI is InChI=1S/C20H24N2O2/c23-22(24)20-9-5-4-8-19(20)12-15-21-13-10-18(11-14-21)16-17-6-2-1-3-7-17/h1-9,18H,10-16H2. The predicted molar refractivity (Wildman–Crippen MR) is 96.1 cm³/mol. The molecule has 0 radical (unpaired) electrons. The van der Waals surface area contributed by atoms with Crippen LogP contribution in [-0.4, -0.2) is 29.5 Å². The van der Waals surface area contributed by atoms with Crippen molar-refractivity contribution in [2.75, 3.05) is 19.6 Å². The third kappa shape index (κ3) is 4.42. The molecule has 0 amide bonds. The summed E-state index contributed by atoms with van der Waals surface area (Å²) in [5, 5.41) is 11.1. The van der Waals surface area contributed by atoms with Gasteiger partial charge in [0, 0.05) is 18.2 Å². The van der Waals surface area contributed by atoms with Gasteiger partial charge in [0.05, 0.1) is 4.92 Å². The van der Waals surface area contributed by atoms with E-state index in [0.717, 1.165) is 37.5 Å². The zero-order valence-corrected chi connectivity index (χ0v) is 13.9. The molecule has 3 rings (SSSR count). The van der Waals surface area contributed by atoms with E-state index in [1.807, 2.05) is 12.1 Å². The molecule has 24 heavy (non-hydrogen) atoms. The highest BCUT2D eigenvalue weighted by Gasteiger charge is 2.20. The Morgan fingerprint density at radius 1 is 1.00 bits per heavy atom. The second-order valence-electron chi connectivity index (χ2n) is 6.61. The number of nitro groups is 1. The van der Waals surface area contributed by atoms with Crippen molar-refractivity contribution in [2.24, 2.45) is 5.92 Å². The zero-order valence-electron chi connectivity index (χ0n) is 13.9. The minimum atomic E-state index is -0.276. The summed E-state index contributed by atoms with van der Waals surface area (Å²) in [5.41, 5.74) is 2.52. The topological polar surface area (TPSA) is 46.4 Å². The molecule has 0 aliphatic carbocycles. The zero-order chi connectivity index (χ0) is 16.8. The quantitative estimate of drug-likeness (QED) is 0.594. The highest BCUT2D eigenvalue weighted by Crippen LogP contribution is 2.23. The van der Waals surface area contributed by atoms with Gasteiger partial charge >= 0.3 is 0 Å². The molecule has 0 bridgehead atoms. The molecule has 4 nitrogen and oxygen atoms in total. The van der Waals surface area contributed by atoms with Crippen molar-refractivity contribution in [1.82, 2.24) is 4.90 Å². The van der Waals surface area contributed by atoms with Crippen LogP contribution in [0.1, 0.15) is 24.0 Å². The minimum absolute atomic E-state index is 0.247. The van der Waals surface area contributed by atoms with Gasteiger partial charge in [-0.1, -0.05) is 48.5 Å². The second-order valence-corrected chi connectivity index (χ2v) is 6.61. The van der Waals surface area contributed by atoms with Crippen molar-refractivity contribution in [2.45, 2.75) is 25.7 Å². The average Bonchev–Trinajstić information content (AvgIpc) is 2.62. The number of rotatable bonds is 6. The number of benzene rings is 2. The van der Waals surface area contributed by atoms with Gasteiger partial charge in [0.15, 0.2) is 0 Å². The van der Waals surface area contributed by atoms with Crippen molar-refractivity contribution < 1.29 is 4.92 Å². The molecule has 0 atom stereocenters. The molecule has 1 heterocycles. The molecule has 1 saturated heterocycles.